The summed E-state index contributed by atoms with van der Waals surface area (Å²) >= 11 is 0. The van der Waals surface area contributed by atoms with Crippen LogP contribution in [-0.4, -0.2) is 18.7 Å². The third-order valence-electron chi connectivity index (χ3n) is 2.77. The van der Waals surface area contributed by atoms with E-state index in [1.807, 2.05) is 32.0 Å². The summed E-state index contributed by atoms with van der Waals surface area (Å²) in [7, 11) is 0. The Balaban J connectivity index is 1.78. The van der Waals surface area contributed by atoms with Crippen molar-refractivity contribution in [1.29, 1.82) is 0 Å². The van der Waals surface area contributed by atoms with Gasteiger partial charge >= 0.3 is 0 Å². The van der Waals surface area contributed by atoms with Crippen LogP contribution in [0.2, 0.25) is 0 Å². The number of rotatable bonds is 5. The number of benzene rings is 1. The van der Waals surface area contributed by atoms with Gasteiger partial charge in [0.2, 0.25) is 0 Å². The molecule has 1 aromatic carbocycles. The summed E-state index contributed by atoms with van der Waals surface area (Å²) in [6, 6.07) is 9.17. The zero-order valence-corrected chi connectivity index (χ0v) is 11.4. The number of ether oxygens (including phenoxy) is 1. The van der Waals surface area contributed by atoms with Gasteiger partial charge in [-0.2, -0.15) is 5.10 Å². The molecule has 2 rings (SSSR count). The largest absolute Gasteiger partial charge is 0.484 e. The second kappa shape index (κ2) is 6.56. The van der Waals surface area contributed by atoms with Gasteiger partial charge < -0.3 is 9.15 Å². The maximum Gasteiger partial charge on any atom is 0.277 e. The maximum atomic E-state index is 11.5. The van der Waals surface area contributed by atoms with Crippen molar-refractivity contribution in [2.75, 3.05) is 6.61 Å². The minimum absolute atomic E-state index is 0.0853. The van der Waals surface area contributed by atoms with E-state index in [0.29, 0.717) is 11.5 Å². The van der Waals surface area contributed by atoms with Crippen molar-refractivity contribution in [3.63, 3.8) is 0 Å². The molecule has 20 heavy (non-hydrogen) atoms. The number of hydrogen-bond donors (Lipinski definition) is 1. The van der Waals surface area contributed by atoms with Crippen molar-refractivity contribution in [1.82, 2.24) is 5.43 Å². The zero-order chi connectivity index (χ0) is 14.4. The van der Waals surface area contributed by atoms with Gasteiger partial charge in [-0.1, -0.05) is 6.07 Å². The van der Waals surface area contributed by atoms with E-state index in [9.17, 15) is 4.79 Å². The highest BCUT2D eigenvalue weighted by molar-refractivity contribution is 5.81. The van der Waals surface area contributed by atoms with Crippen molar-refractivity contribution in [2.45, 2.75) is 13.8 Å². The molecule has 5 nitrogen and oxygen atoms in total. The molecular formula is C15H16N2O3. The number of nitrogens with zero attached hydrogens (tertiary/aromatic N) is 1. The van der Waals surface area contributed by atoms with Crippen LogP contribution in [0.15, 0.2) is 46.1 Å². The third kappa shape index (κ3) is 3.98. The number of furan rings is 1. The summed E-state index contributed by atoms with van der Waals surface area (Å²) in [6.07, 6.45) is 2.96. The van der Waals surface area contributed by atoms with E-state index in [2.05, 4.69) is 10.5 Å². The van der Waals surface area contributed by atoms with E-state index < -0.39 is 0 Å². The highest BCUT2D eigenvalue weighted by Crippen LogP contribution is 2.16. The van der Waals surface area contributed by atoms with E-state index in [1.54, 1.807) is 12.1 Å². The summed E-state index contributed by atoms with van der Waals surface area (Å²) in [6.45, 7) is 3.93. The highest BCUT2D eigenvalue weighted by Gasteiger charge is 2.02. The number of amides is 1. The van der Waals surface area contributed by atoms with Crippen LogP contribution >= 0.6 is 0 Å². The molecule has 0 saturated heterocycles. The van der Waals surface area contributed by atoms with Gasteiger partial charge in [-0.15, -0.1) is 0 Å². The second-order valence-electron chi connectivity index (χ2n) is 4.34. The molecule has 0 spiro atoms. The Bertz CT molecular complexity index is 604. The standard InChI is InChI=1S/C15H16N2O3/c1-11-5-6-13(8-12(11)2)20-10-15(18)17-16-9-14-4-3-7-19-14/h3-9H,10H2,1-2H3,(H,17,18). The molecule has 0 bridgehead atoms. The summed E-state index contributed by atoms with van der Waals surface area (Å²) in [5, 5.41) is 3.76. The number of hydrazone groups is 1. The van der Waals surface area contributed by atoms with Gasteiger partial charge in [-0.3, -0.25) is 4.79 Å². The third-order valence-corrected chi connectivity index (χ3v) is 2.77. The molecular weight excluding hydrogens is 256 g/mol. The topological polar surface area (TPSA) is 63.8 Å². The fourth-order valence-corrected chi connectivity index (χ4v) is 1.52. The predicted octanol–water partition coefficient (Wildman–Crippen LogP) is 2.43. The minimum atomic E-state index is -0.328. The summed E-state index contributed by atoms with van der Waals surface area (Å²) in [5.41, 5.74) is 4.67. The van der Waals surface area contributed by atoms with Crippen LogP contribution < -0.4 is 10.2 Å². The van der Waals surface area contributed by atoms with Gasteiger partial charge in [0.15, 0.2) is 6.61 Å². The van der Waals surface area contributed by atoms with Gasteiger partial charge in [-0.25, -0.2) is 5.43 Å². The second-order valence-corrected chi connectivity index (χ2v) is 4.34. The Morgan fingerprint density at radius 1 is 1.35 bits per heavy atom. The van der Waals surface area contributed by atoms with E-state index >= 15 is 0 Å². The molecule has 2 aromatic rings. The van der Waals surface area contributed by atoms with Crippen LogP contribution in [0.4, 0.5) is 0 Å². The Hall–Kier alpha value is -2.56. The smallest absolute Gasteiger partial charge is 0.277 e. The Morgan fingerprint density at radius 2 is 2.20 bits per heavy atom. The molecule has 0 aliphatic heterocycles. The molecule has 0 fully saturated rings. The fraction of sp³-hybridized carbons (Fsp3) is 0.200. The van der Waals surface area contributed by atoms with Gasteiger partial charge in [-0.05, 0) is 49.2 Å². The lowest BCUT2D eigenvalue weighted by Gasteiger charge is -2.07. The molecule has 0 aliphatic rings. The zero-order valence-electron chi connectivity index (χ0n) is 11.4. The quantitative estimate of drug-likeness (QED) is 0.671. The van der Waals surface area contributed by atoms with Crippen LogP contribution in [0.1, 0.15) is 16.9 Å². The van der Waals surface area contributed by atoms with Crippen LogP contribution in [0.5, 0.6) is 5.75 Å². The van der Waals surface area contributed by atoms with E-state index in [0.717, 1.165) is 5.56 Å². The SMILES string of the molecule is Cc1ccc(OCC(=O)NN=Cc2ccco2)cc1C. The minimum Gasteiger partial charge on any atom is -0.484 e. The lowest BCUT2D eigenvalue weighted by molar-refractivity contribution is -0.123. The first-order valence-corrected chi connectivity index (χ1v) is 6.20. The molecule has 1 amide bonds. The molecule has 104 valence electrons. The Morgan fingerprint density at radius 3 is 2.90 bits per heavy atom. The molecule has 0 aliphatic carbocycles. The number of carbonyl (C=O) groups excluding carboxylic acids is 1. The molecule has 0 unspecified atom stereocenters. The van der Waals surface area contributed by atoms with Gasteiger partial charge in [0.05, 0.1) is 12.5 Å². The van der Waals surface area contributed by atoms with Crippen molar-refractivity contribution < 1.29 is 13.9 Å². The van der Waals surface area contributed by atoms with Crippen molar-refractivity contribution >= 4 is 12.1 Å². The van der Waals surface area contributed by atoms with Crippen molar-refractivity contribution in [3.8, 4) is 5.75 Å². The Labute approximate surface area is 117 Å². The molecule has 1 heterocycles. The average molecular weight is 272 g/mol. The average Bonchev–Trinajstić information content (AvgIpc) is 2.93. The lowest BCUT2D eigenvalue weighted by Crippen LogP contribution is -2.24. The number of aryl methyl sites for hydroxylation is 2. The summed E-state index contributed by atoms with van der Waals surface area (Å²) in [5.74, 6) is 0.907. The normalized spacial score (nSPS) is 10.7. The van der Waals surface area contributed by atoms with Crippen LogP contribution in [0.3, 0.4) is 0 Å². The predicted molar refractivity (Wildman–Crippen MR) is 75.9 cm³/mol. The fourth-order valence-electron chi connectivity index (χ4n) is 1.52. The molecule has 0 radical (unpaired) electrons. The number of hydrogen-bond acceptors (Lipinski definition) is 4. The van der Waals surface area contributed by atoms with E-state index in [1.165, 1.54) is 18.0 Å². The summed E-state index contributed by atoms with van der Waals surface area (Å²) in [4.78, 5) is 11.5. The van der Waals surface area contributed by atoms with Gasteiger partial charge in [0, 0.05) is 0 Å². The van der Waals surface area contributed by atoms with E-state index in [4.69, 9.17) is 9.15 Å². The van der Waals surface area contributed by atoms with Gasteiger partial charge in [0.1, 0.15) is 11.5 Å². The highest BCUT2D eigenvalue weighted by atomic mass is 16.5. The van der Waals surface area contributed by atoms with Crippen LogP contribution in [0.25, 0.3) is 0 Å². The maximum absolute atomic E-state index is 11.5. The monoisotopic (exact) mass is 272 g/mol. The van der Waals surface area contributed by atoms with Crippen LogP contribution in [0, 0.1) is 13.8 Å². The van der Waals surface area contributed by atoms with E-state index in [-0.39, 0.29) is 12.5 Å². The van der Waals surface area contributed by atoms with Gasteiger partial charge in [0.25, 0.3) is 5.91 Å². The first-order chi connectivity index (χ1) is 9.65. The molecule has 5 heteroatoms. The molecule has 0 saturated carbocycles. The summed E-state index contributed by atoms with van der Waals surface area (Å²) < 4.78 is 10.4. The van der Waals surface area contributed by atoms with Crippen LogP contribution in [-0.2, 0) is 4.79 Å². The molecule has 1 N–H and O–H groups in total. The number of nitrogens with one attached hydrogen (secondary N) is 1. The first-order valence-electron chi connectivity index (χ1n) is 6.20. The lowest BCUT2D eigenvalue weighted by atomic mass is 10.1. The molecule has 0 atom stereocenters. The first kappa shape index (κ1) is 13.9. The van der Waals surface area contributed by atoms with Crippen molar-refractivity contribution in [2.24, 2.45) is 5.10 Å². The Kier molecular flexibility index (Phi) is 4.55. The van der Waals surface area contributed by atoms with Crippen molar-refractivity contribution in [3.05, 3.63) is 53.5 Å². The molecule has 1 aromatic heterocycles. The number of carbonyl (C=O) groups is 1.